The summed E-state index contributed by atoms with van der Waals surface area (Å²) in [5, 5.41) is 4.10. The Kier molecular flexibility index (Phi) is 4.49. The van der Waals surface area contributed by atoms with E-state index in [0.29, 0.717) is 24.0 Å². The van der Waals surface area contributed by atoms with E-state index >= 15 is 0 Å². The van der Waals surface area contributed by atoms with Gasteiger partial charge in [-0.05, 0) is 43.0 Å². The Morgan fingerprint density at radius 2 is 2.19 bits per heavy atom. The molecule has 1 amide bonds. The van der Waals surface area contributed by atoms with Crippen LogP contribution in [-0.4, -0.2) is 38.4 Å². The Bertz CT molecular complexity index is 911. The van der Waals surface area contributed by atoms with E-state index in [1.807, 2.05) is 45.8 Å². The van der Waals surface area contributed by atoms with Crippen molar-refractivity contribution >= 4 is 11.4 Å². The molecule has 3 aromatic heterocycles. The Morgan fingerprint density at radius 3 is 3.04 bits per heavy atom. The maximum atomic E-state index is 13.0. The number of rotatable bonds is 4. The standard InChI is InChI=1S/C20H24N4O2/c1-14(2)12-18-21-19(26-22-18)15-6-5-10-23(13-15)20(25)17-9-8-16-7-3-4-11-24(16)17/h3-4,7-9,11,14-15H,5-6,10,12-13H2,1-2H3. The van der Waals surface area contributed by atoms with E-state index in [2.05, 4.69) is 24.0 Å². The van der Waals surface area contributed by atoms with Crippen molar-refractivity contribution in [1.82, 2.24) is 19.4 Å². The van der Waals surface area contributed by atoms with Gasteiger partial charge in [0, 0.05) is 31.2 Å². The molecule has 1 atom stereocenters. The molecule has 1 saturated heterocycles. The van der Waals surface area contributed by atoms with Crippen LogP contribution in [0.3, 0.4) is 0 Å². The molecule has 0 bridgehead atoms. The summed E-state index contributed by atoms with van der Waals surface area (Å²) in [6, 6.07) is 9.80. The lowest BCUT2D eigenvalue weighted by molar-refractivity contribution is 0.0689. The van der Waals surface area contributed by atoms with Crippen molar-refractivity contribution in [3.8, 4) is 0 Å². The molecule has 6 heteroatoms. The molecule has 1 aliphatic heterocycles. The minimum absolute atomic E-state index is 0.0582. The van der Waals surface area contributed by atoms with Gasteiger partial charge in [-0.2, -0.15) is 4.98 Å². The number of amides is 1. The largest absolute Gasteiger partial charge is 0.339 e. The van der Waals surface area contributed by atoms with Gasteiger partial charge in [0.05, 0.1) is 5.92 Å². The highest BCUT2D eigenvalue weighted by Gasteiger charge is 2.30. The van der Waals surface area contributed by atoms with Gasteiger partial charge < -0.3 is 13.8 Å². The van der Waals surface area contributed by atoms with Crippen LogP contribution < -0.4 is 0 Å². The number of fused-ring (bicyclic) bond motifs is 1. The average molecular weight is 352 g/mol. The number of carbonyl (C=O) groups excluding carboxylic acids is 1. The molecule has 136 valence electrons. The number of piperidine rings is 1. The van der Waals surface area contributed by atoms with Crippen LogP contribution in [0.25, 0.3) is 5.52 Å². The molecule has 6 nitrogen and oxygen atoms in total. The van der Waals surface area contributed by atoms with Gasteiger partial charge in [-0.15, -0.1) is 0 Å². The molecular weight excluding hydrogens is 328 g/mol. The zero-order valence-corrected chi connectivity index (χ0v) is 15.3. The number of carbonyl (C=O) groups is 1. The molecule has 1 fully saturated rings. The first-order valence-electron chi connectivity index (χ1n) is 9.29. The number of nitrogens with zero attached hydrogens (tertiary/aromatic N) is 4. The third-order valence-corrected chi connectivity index (χ3v) is 4.91. The first-order valence-corrected chi connectivity index (χ1v) is 9.29. The summed E-state index contributed by atoms with van der Waals surface area (Å²) in [4.78, 5) is 19.5. The van der Waals surface area contributed by atoms with E-state index in [1.165, 1.54) is 0 Å². The van der Waals surface area contributed by atoms with Gasteiger partial charge in [-0.25, -0.2) is 0 Å². The normalized spacial score (nSPS) is 18.0. The van der Waals surface area contributed by atoms with Crippen molar-refractivity contribution in [1.29, 1.82) is 0 Å². The molecule has 0 radical (unpaired) electrons. The van der Waals surface area contributed by atoms with Gasteiger partial charge in [0.1, 0.15) is 5.69 Å². The number of hydrogen-bond donors (Lipinski definition) is 0. The monoisotopic (exact) mass is 352 g/mol. The smallest absolute Gasteiger partial charge is 0.270 e. The topological polar surface area (TPSA) is 63.6 Å². The fourth-order valence-electron chi connectivity index (χ4n) is 3.64. The molecule has 26 heavy (non-hydrogen) atoms. The van der Waals surface area contributed by atoms with E-state index in [0.717, 1.165) is 37.1 Å². The SMILES string of the molecule is CC(C)Cc1noc(C2CCCN(C(=O)c3ccc4ccccn34)C2)n1. The molecule has 1 aliphatic rings. The van der Waals surface area contributed by atoms with Crippen molar-refractivity contribution < 1.29 is 9.32 Å². The Balaban J connectivity index is 1.51. The predicted octanol–water partition coefficient (Wildman–Crippen LogP) is 3.54. The lowest BCUT2D eigenvalue weighted by Crippen LogP contribution is -2.39. The second-order valence-electron chi connectivity index (χ2n) is 7.45. The molecule has 0 aliphatic carbocycles. The first-order chi connectivity index (χ1) is 12.6. The summed E-state index contributed by atoms with van der Waals surface area (Å²) in [5.41, 5.74) is 1.73. The molecule has 0 spiro atoms. The second-order valence-corrected chi connectivity index (χ2v) is 7.45. The van der Waals surface area contributed by atoms with Crippen LogP contribution in [-0.2, 0) is 6.42 Å². The summed E-state index contributed by atoms with van der Waals surface area (Å²) < 4.78 is 7.43. The van der Waals surface area contributed by atoms with E-state index in [4.69, 9.17) is 4.52 Å². The number of pyridine rings is 1. The highest BCUT2D eigenvalue weighted by atomic mass is 16.5. The second kappa shape index (κ2) is 6.94. The Morgan fingerprint density at radius 1 is 1.31 bits per heavy atom. The molecule has 3 aromatic rings. The Labute approximate surface area is 152 Å². The first kappa shape index (κ1) is 16.8. The zero-order chi connectivity index (χ0) is 18.1. The number of hydrogen-bond acceptors (Lipinski definition) is 4. The molecule has 0 N–H and O–H groups in total. The van der Waals surface area contributed by atoms with Crippen LogP contribution in [0.15, 0.2) is 41.1 Å². The highest BCUT2D eigenvalue weighted by molar-refractivity contribution is 5.94. The maximum absolute atomic E-state index is 13.0. The fraction of sp³-hybridized carbons (Fsp3) is 0.450. The van der Waals surface area contributed by atoms with Crippen LogP contribution in [0.5, 0.6) is 0 Å². The zero-order valence-electron chi connectivity index (χ0n) is 15.3. The number of aromatic nitrogens is 3. The van der Waals surface area contributed by atoms with Crippen molar-refractivity contribution in [2.45, 2.75) is 39.0 Å². The molecule has 0 aromatic carbocycles. The van der Waals surface area contributed by atoms with Gasteiger partial charge in [0.25, 0.3) is 5.91 Å². The van der Waals surface area contributed by atoms with Crippen molar-refractivity contribution in [3.63, 3.8) is 0 Å². The third kappa shape index (κ3) is 3.23. The predicted molar refractivity (Wildman–Crippen MR) is 98.1 cm³/mol. The Hall–Kier alpha value is -2.63. The summed E-state index contributed by atoms with van der Waals surface area (Å²) in [7, 11) is 0. The van der Waals surface area contributed by atoms with Gasteiger partial charge >= 0.3 is 0 Å². The van der Waals surface area contributed by atoms with Crippen LogP contribution in [0.2, 0.25) is 0 Å². The van der Waals surface area contributed by atoms with E-state index in [-0.39, 0.29) is 11.8 Å². The van der Waals surface area contributed by atoms with Crippen LogP contribution in [0.1, 0.15) is 54.8 Å². The van der Waals surface area contributed by atoms with Gasteiger partial charge in [0.15, 0.2) is 5.82 Å². The van der Waals surface area contributed by atoms with Crippen LogP contribution >= 0.6 is 0 Å². The van der Waals surface area contributed by atoms with Crippen LogP contribution in [0, 0.1) is 5.92 Å². The van der Waals surface area contributed by atoms with Crippen molar-refractivity contribution in [2.24, 2.45) is 5.92 Å². The van der Waals surface area contributed by atoms with Crippen molar-refractivity contribution in [2.75, 3.05) is 13.1 Å². The molecular formula is C20H24N4O2. The molecule has 4 rings (SSSR count). The van der Waals surface area contributed by atoms with E-state index < -0.39 is 0 Å². The average Bonchev–Trinajstić information content (AvgIpc) is 3.28. The number of likely N-dealkylation sites (tertiary alicyclic amines) is 1. The molecule has 0 saturated carbocycles. The van der Waals surface area contributed by atoms with E-state index in [9.17, 15) is 4.79 Å². The minimum Gasteiger partial charge on any atom is -0.339 e. The summed E-state index contributed by atoms with van der Waals surface area (Å²) in [6.07, 6.45) is 4.67. The van der Waals surface area contributed by atoms with Gasteiger partial charge in [-0.3, -0.25) is 4.79 Å². The quantitative estimate of drug-likeness (QED) is 0.720. The van der Waals surface area contributed by atoms with Gasteiger partial charge in [0.2, 0.25) is 5.89 Å². The molecule has 1 unspecified atom stereocenters. The van der Waals surface area contributed by atoms with Crippen LogP contribution in [0.4, 0.5) is 0 Å². The fourth-order valence-corrected chi connectivity index (χ4v) is 3.64. The van der Waals surface area contributed by atoms with Crippen molar-refractivity contribution in [3.05, 3.63) is 53.9 Å². The lowest BCUT2D eigenvalue weighted by atomic mass is 9.97. The van der Waals surface area contributed by atoms with Gasteiger partial charge in [-0.1, -0.05) is 25.1 Å². The summed E-state index contributed by atoms with van der Waals surface area (Å²) in [6.45, 7) is 5.67. The lowest BCUT2D eigenvalue weighted by Gasteiger charge is -2.31. The summed E-state index contributed by atoms with van der Waals surface area (Å²) in [5.74, 6) is 2.09. The summed E-state index contributed by atoms with van der Waals surface area (Å²) >= 11 is 0. The maximum Gasteiger partial charge on any atom is 0.270 e. The highest BCUT2D eigenvalue weighted by Crippen LogP contribution is 2.27. The van der Waals surface area contributed by atoms with E-state index in [1.54, 1.807) is 0 Å². The third-order valence-electron chi connectivity index (χ3n) is 4.91. The minimum atomic E-state index is 0.0582. The molecule has 4 heterocycles.